The zero-order valence-electron chi connectivity index (χ0n) is 14.4. The zero-order chi connectivity index (χ0) is 19.2. The monoisotopic (exact) mass is 410 g/mol. The molecule has 4 N–H and O–H groups in total. The molecule has 2 amide bonds. The standard InChI is InChI=1S/C16H21F3N4O3.ClH/c17-16(18,19)13(23-7-5-21-6-8-23)9-22-15(25)11-1-3-12(4-2-11)26-10-14(20)24;/h1-4,13,21H,5-10H2,(H2,20,24)(H,22,25);1H. The quantitative estimate of drug-likeness (QED) is 0.609. The molecule has 0 spiro atoms. The number of rotatable bonds is 7. The van der Waals surface area contributed by atoms with Crippen LogP contribution in [-0.4, -0.2) is 68.3 Å². The van der Waals surface area contributed by atoms with Gasteiger partial charge in [-0.2, -0.15) is 13.2 Å². The summed E-state index contributed by atoms with van der Waals surface area (Å²) in [6, 6.07) is 3.95. The minimum Gasteiger partial charge on any atom is -0.484 e. The minimum atomic E-state index is -4.43. The van der Waals surface area contributed by atoms with E-state index in [-0.39, 0.29) is 37.7 Å². The van der Waals surface area contributed by atoms with Crippen molar-refractivity contribution in [2.75, 3.05) is 39.3 Å². The Morgan fingerprint density at radius 3 is 2.33 bits per heavy atom. The van der Waals surface area contributed by atoms with E-state index in [4.69, 9.17) is 10.5 Å². The number of carbonyl (C=O) groups is 2. The molecule has 7 nitrogen and oxygen atoms in total. The summed E-state index contributed by atoms with van der Waals surface area (Å²) in [6.07, 6.45) is -4.43. The Hall–Kier alpha value is -2.04. The van der Waals surface area contributed by atoms with Gasteiger partial charge in [0, 0.05) is 38.3 Å². The van der Waals surface area contributed by atoms with Gasteiger partial charge in [-0.15, -0.1) is 12.4 Å². The number of piperazine rings is 1. The number of primary amides is 1. The molecule has 0 aromatic heterocycles. The van der Waals surface area contributed by atoms with Crippen molar-refractivity contribution in [1.82, 2.24) is 15.5 Å². The van der Waals surface area contributed by atoms with Gasteiger partial charge in [0.25, 0.3) is 11.8 Å². The first-order valence-corrected chi connectivity index (χ1v) is 8.08. The highest BCUT2D eigenvalue weighted by Gasteiger charge is 2.43. The van der Waals surface area contributed by atoms with Crippen LogP contribution in [0.5, 0.6) is 5.75 Å². The van der Waals surface area contributed by atoms with Crippen molar-refractivity contribution in [3.05, 3.63) is 29.8 Å². The molecule has 0 aliphatic carbocycles. The normalized spacial score (nSPS) is 16.1. The van der Waals surface area contributed by atoms with Crippen LogP contribution in [0, 0.1) is 0 Å². The Kier molecular flexibility index (Phi) is 8.80. The summed E-state index contributed by atoms with van der Waals surface area (Å²) in [5.41, 5.74) is 5.15. The van der Waals surface area contributed by atoms with Gasteiger partial charge >= 0.3 is 6.18 Å². The molecule has 1 fully saturated rings. The van der Waals surface area contributed by atoms with Crippen molar-refractivity contribution in [3.63, 3.8) is 0 Å². The lowest BCUT2D eigenvalue weighted by atomic mass is 10.1. The molecule has 1 aromatic carbocycles. The summed E-state index contributed by atoms with van der Waals surface area (Å²) >= 11 is 0. The third kappa shape index (κ3) is 7.24. The van der Waals surface area contributed by atoms with E-state index in [1.165, 1.54) is 29.2 Å². The van der Waals surface area contributed by atoms with Crippen molar-refractivity contribution < 1.29 is 27.5 Å². The van der Waals surface area contributed by atoms with Crippen LogP contribution in [-0.2, 0) is 4.79 Å². The number of nitrogens with two attached hydrogens (primary N) is 1. The highest BCUT2D eigenvalue weighted by Crippen LogP contribution is 2.25. The molecule has 152 valence electrons. The molecule has 1 saturated heterocycles. The molecule has 2 rings (SSSR count). The van der Waals surface area contributed by atoms with E-state index in [0.29, 0.717) is 18.8 Å². The average Bonchev–Trinajstić information content (AvgIpc) is 2.60. The highest BCUT2D eigenvalue weighted by atomic mass is 35.5. The number of carbonyl (C=O) groups excluding carboxylic acids is 2. The second kappa shape index (κ2) is 10.3. The van der Waals surface area contributed by atoms with E-state index >= 15 is 0 Å². The maximum Gasteiger partial charge on any atom is 0.405 e. The summed E-state index contributed by atoms with van der Waals surface area (Å²) in [4.78, 5) is 24.1. The van der Waals surface area contributed by atoms with E-state index < -0.39 is 30.6 Å². The maximum atomic E-state index is 13.3. The first-order valence-electron chi connectivity index (χ1n) is 8.08. The van der Waals surface area contributed by atoms with Gasteiger partial charge in [-0.05, 0) is 24.3 Å². The van der Waals surface area contributed by atoms with Gasteiger partial charge in [-0.25, -0.2) is 0 Å². The van der Waals surface area contributed by atoms with Crippen molar-refractivity contribution >= 4 is 24.2 Å². The summed E-state index contributed by atoms with van der Waals surface area (Å²) in [5.74, 6) is -0.928. The second-order valence-corrected chi connectivity index (χ2v) is 5.83. The smallest absolute Gasteiger partial charge is 0.405 e. The van der Waals surface area contributed by atoms with Crippen LogP contribution < -0.4 is 21.1 Å². The van der Waals surface area contributed by atoms with Gasteiger partial charge in [0.05, 0.1) is 0 Å². The predicted octanol–water partition coefficient (Wildman–Crippen LogP) is 0.538. The number of hydrogen-bond donors (Lipinski definition) is 3. The molecule has 0 saturated carbocycles. The number of ether oxygens (including phenoxy) is 1. The minimum absolute atomic E-state index is 0. The van der Waals surface area contributed by atoms with Gasteiger partial charge in [-0.1, -0.05) is 0 Å². The Balaban J connectivity index is 0.00000364. The molecule has 1 heterocycles. The first kappa shape index (κ1) is 23.0. The number of alkyl halides is 3. The molecular weight excluding hydrogens is 389 g/mol. The summed E-state index contributed by atoms with van der Waals surface area (Å²) < 4.78 is 44.9. The van der Waals surface area contributed by atoms with Crippen LogP contribution >= 0.6 is 12.4 Å². The van der Waals surface area contributed by atoms with E-state index in [1.807, 2.05) is 0 Å². The lowest BCUT2D eigenvalue weighted by Gasteiger charge is -2.35. The Bertz CT molecular complexity index is 622. The largest absolute Gasteiger partial charge is 0.484 e. The molecular formula is C16H22ClF3N4O3. The van der Waals surface area contributed by atoms with Crippen molar-refractivity contribution in [2.45, 2.75) is 12.2 Å². The van der Waals surface area contributed by atoms with Crippen LogP contribution in [0.25, 0.3) is 0 Å². The van der Waals surface area contributed by atoms with Gasteiger partial charge in [0.1, 0.15) is 11.8 Å². The zero-order valence-corrected chi connectivity index (χ0v) is 15.2. The summed E-state index contributed by atoms with van der Waals surface area (Å²) in [6.45, 7) is 0.671. The van der Waals surface area contributed by atoms with E-state index in [9.17, 15) is 22.8 Å². The van der Waals surface area contributed by atoms with E-state index in [2.05, 4.69) is 10.6 Å². The summed E-state index contributed by atoms with van der Waals surface area (Å²) in [5, 5.41) is 5.33. The van der Waals surface area contributed by atoms with Crippen LogP contribution in [0.1, 0.15) is 10.4 Å². The fourth-order valence-corrected chi connectivity index (χ4v) is 2.59. The van der Waals surface area contributed by atoms with Gasteiger partial charge < -0.3 is 21.1 Å². The van der Waals surface area contributed by atoms with Gasteiger partial charge in [0.15, 0.2) is 6.61 Å². The molecule has 27 heavy (non-hydrogen) atoms. The van der Waals surface area contributed by atoms with Crippen molar-refractivity contribution in [3.8, 4) is 5.75 Å². The number of nitrogens with one attached hydrogen (secondary N) is 2. The number of benzene rings is 1. The van der Waals surface area contributed by atoms with Crippen LogP contribution in [0.2, 0.25) is 0 Å². The molecule has 1 unspecified atom stereocenters. The van der Waals surface area contributed by atoms with Crippen LogP contribution in [0.3, 0.4) is 0 Å². The second-order valence-electron chi connectivity index (χ2n) is 5.83. The predicted molar refractivity (Wildman–Crippen MR) is 95.0 cm³/mol. The third-order valence-corrected chi connectivity index (χ3v) is 3.92. The Morgan fingerprint density at radius 2 is 1.81 bits per heavy atom. The lowest BCUT2D eigenvalue weighted by Crippen LogP contribution is -2.57. The number of nitrogens with zero attached hydrogens (tertiary/aromatic N) is 1. The maximum absolute atomic E-state index is 13.3. The fourth-order valence-electron chi connectivity index (χ4n) is 2.59. The number of hydrogen-bond acceptors (Lipinski definition) is 5. The van der Waals surface area contributed by atoms with Gasteiger partial charge in [-0.3, -0.25) is 14.5 Å². The molecule has 1 atom stereocenters. The molecule has 0 radical (unpaired) electrons. The average molecular weight is 411 g/mol. The molecule has 1 aliphatic rings. The van der Waals surface area contributed by atoms with E-state index in [0.717, 1.165) is 0 Å². The van der Waals surface area contributed by atoms with Crippen LogP contribution in [0.15, 0.2) is 24.3 Å². The fraction of sp³-hybridized carbons (Fsp3) is 0.500. The molecule has 11 heteroatoms. The lowest BCUT2D eigenvalue weighted by molar-refractivity contribution is -0.183. The molecule has 1 aliphatic heterocycles. The van der Waals surface area contributed by atoms with E-state index in [1.54, 1.807) is 0 Å². The molecule has 0 bridgehead atoms. The number of halogens is 4. The highest BCUT2D eigenvalue weighted by molar-refractivity contribution is 5.94. The topological polar surface area (TPSA) is 96.7 Å². The Morgan fingerprint density at radius 1 is 1.22 bits per heavy atom. The van der Waals surface area contributed by atoms with Crippen molar-refractivity contribution in [2.24, 2.45) is 5.73 Å². The van der Waals surface area contributed by atoms with Crippen molar-refractivity contribution in [1.29, 1.82) is 0 Å². The third-order valence-electron chi connectivity index (χ3n) is 3.92. The molecule has 1 aromatic rings. The SMILES string of the molecule is Cl.NC(=O)COc1ccc(C(=O)NCC(N2CCNCC2)C(F)(F)F)cc1. The van der Waals surface area contributed by atoms with Gasteiger partial charge in [0.2, 0.25) is 0 Å². The first-order chi connectivity index (χ1) is 12.3. The Labute approximate surface area is 160 Å². The summed E-state index contributed by atoms with van der Waals surface area (Å²) in [7, 11) is 0. The number of amides is 2. The van der Waals surface area contributed by atoms with Crippen LogP contribution in [0.4, 0.5) is 13.2 Å².